The summed E-state index contributed by atoms with van der Waals surface area (Å²) < 4.78 is 4.93. The minimum absolute atomic E-state index is 0.0700. The zero-order valence-corrected chi connectivity index (χ0v) is 16.3. The zero-order valence-electron chi connectivity index (χ0n) is 16.3. The summed E-state index contributed by atoms with van der Waals surface area (Å²) in [5.41, 5.74) is 1.07. The highest BCUT2D eigenvalue weighted by molar-refractivity contribution is 6.07. The van der Waals surface area contributed by atoms with E-state index in [1.165, 1.54) is 7.11 Å². The van der Waals surface area contributed by atoms with Gasteiger partial charge in [0.1, 0.15) is 11.6 Å². The van der Waals surface area contributed by atoms with Crippen LogP contribution in [-0.2, 0) is 32.1 Å². The van der Waals surface area contributed by atoms with Crippen LogP contribution in [0.15, 0.2) is 24.3 Å². The van der Waals surface area contributed by atoms with E-state index in [0.717, 1.165) is 11.1 Å². The number of esters is 1. The van der Waals surface area contributed by atoms with Crippen molar-refractivity contribution in [1.29, 1.82) is 0 Å². The normalized spacial score (nSPS) is 26.7. The molecule has 3 aliphatic rings. The van der Waals surface area contributed by atoms with Crippen molar-refractivity contribution in [3.05, 3.63) is 35.4 Å². The van der Waals surface area contributed by atoms with E-state index in [0.29, 0.717) is 32.4 Å². The van der Waals surface area contributed by atoms with Crippen molar-refractivity contribution in [2.75, 3.05) is 26.7 Å². The number of ether oxygens (including phenoxy) is 1. The van der Waals surface area contributed by atoms with Crippen LogP contribution in [0, 0.1) is 0 Å². The first-order valence-electron chi connectivity index (χ1n) is 9.72. The van der Waals surface area contributed by atoms with E-state index in [1.54, 1.807) is 4.90 Å². The lowest BCUT2D eigenvalue weighted by Crippen LogP contribution is -2.60. The lowest BCUT2D eigenvalue weighted by Gasteiger charge is -2.40. The summed E-state index contributed by atoms with van der Waals surface area (Å²) in [6.45, 7) is 1.32. The summed E-state index contributed by atoms with van der Waals surface area (Å²) in [6.07, 6.45) is 1.64. The highest BCUT2D eigenvalue weighted by Crippen LogP contribution is 2.27. The van der Waals surface area contributed by atoms with Crippen LogP contribution in [0.4, 0.5) is 4.79 Å². The van der Waals surface area contributed by atoms with E-state index in [1.807, 2.05) is 29.2 Å². The minimum Gasteiger partial charge on any atom is -0.467 e. The molecule has 1 spiro atoms. The maximum atomic E-state index is 13.1. The van der Waals surface area contributed by atoms with E-state index in [-0.39, 0.29) is 24.9 Å². The maximum Gasteiger partial charge on any atom is 0.328 e. The Morgan fingerprint density at radius 3 is 2.69 bits per heavy atom. The number of amides is 4. The molecule has 2 N–H and O–H groups in total. The minimum atomic E-state index is -0.980. The molecule has 3 aliphatic heterocycles. The van der Waals surface area contributed by atoms with Crippen LogP contribution in [-0.4, -0.2) is 71.9 Å². The van der Waals surface area contributed by atoms with E-state index in [9.17, 15) is 19.2 Å². The Morgan fingerprint density at radius 1 is 1.24 bits per heavy atom. The summed E-state index contributed by atoms with van der Waals surface area (Å²) in [7, 11) is 1.32. The lowest BCUT2D eigenvalue weighted by atomic mass is 9.89. The van der Waals surface area contributed by atoms with Gasteiger partial charge in [0.15, 0.2) is 0 Å². The second-order valence-electron chi connectivity index (χ2n) is 7.84. The number of nitrogens with zero attached hydrogens (tertiary/aromatic N) is 2. The molecule has 0 aromatic heterocycles. The molecule has 2 fully saturated rings. The summed E-state index contributed by atoms with van der Waals surface area (Å²) in [5.74, 6) is -0.985. The van der Waals surface area contributed by atoms with Crippen molar-refractivity contribution < 1.29 is 23.9 Å². The van der Waals surface area contributed by atoms with Gasteiger partial charge in [0.25, 0.3) is 5.91 Å². The number of rotatable bonds is 3. The van der Waals surface area contributed by atoms with Crippen molar-refractivity contribution in [3.63, 3.8) is 0 Å². The number of carbonyl (C=O) groups is 4. The fraction of sp³-hybridized carbons (Fsp3) is 0.500. The Hall–Kier alpha value is -2.94. The third-order valence-corrected chi connectivity index (χ3v) is 5.99. The van der Waals surface area contributed by atoms with Crippen LogP contribution < -0.4 is 10.6 Å². The number of carbonyl (C=O) groups excluding carboxylic acids is 4. The Bertz CT molecular complexity index is 872. The molecule has 2 unspecified atom stereocenters. The van der Waals surface area contributed by atoms with Gasteiger partial charge >= 0.3 is 12.0 Å². The van der Waals surface area contributed by atoms with E-state index in [2.05, 4.69) is 10.6 Å². The van der Waals surface area contributed by atoms with Gasteiger partial charge in [-0.05, 0) is 30.5 Å². The van der Waals surface area contributed by atoms with Crippen molar-refractivity contribution in [2.45, 2.75) is 37.4 Å². The van der Waals surface area contributed by atoms with Crippen LogP contribution in [0.3, 0.4) is 0 Å². The molecule has 0 aliphatic carbocycles. The SMILES string of the molecule is COC(=O)C1Cc2ccccc2CN1C(=O)CN1CCCC2(C1)NC(=O)NC2=O. The molecule has 2 atom stereocenters. The molecule has 9 heteroatoms. The van der Waals surface area contributed by atoms with Gasteiger partial charge in [-0.2, -0.15) is 0 Å². The predicted octanol–water partition coefficient (Wildman–Crippen LogP) is -0.213. The Labute approximate surface area is 168 Å². The number of benzene rings is 1. The Morgan fingerprint density at radius 2 is 2.00 bits per heavy atom. The van der Waals surface area contributed by atoms with E-state index >= 15 is 0 Å². The van der Waals surface area contributed by atoms with Gasteiger partial charge < -0.3 is 15.0 Å². The largest absolute Gasteiger partial charge is 0.467 e. The monoisotopic (exact) mass is 400 g/mol. The second-order valence-corrected chi connectivity index (χ2v) is 7.84. The molecule has 2 saturated heterocycles. The highest BCUT2D eigenvalue weighted by atomic mass is 16.5. The van der Waals surface area contributed by atoms with Gasteiger partial charge in [-0.3, -0.25) is 19.8 Å². The Balaban J connectivity index is 1.50. The zero-order chi connectivity index (χ0) is 20.6. The van der Waals surface area contributed by atoms with Crippen LogP contribution >= 0.6 is 0 Å². The lowest BCUT2D eigenvalue weighted by molar-refractivity contribution is -0.154. The van der Waals surface area contributed by atoms with Crippen LogP contribution in [0.1, 0.15) is 24.0 Å². The van der Waals surface area contributed by atoms with Crippen molar-refractivity contribution in [2.24, 2.45) is 0 Å². The summed E-state index contributed by atoms with van der Waals surface area (Å²) >= 11 is 0. The molecule has 29 heavy (non-hydrogen) atoms. The number of hydrogen-bond acceptors (Lipinski definition) is 6. The molecule has 3 heterocycles. The van der Waals surface area contributed by atoms with Crippen molar-refractivity contribution >= 4 is 23.8 Å². The number of fused-ring (bicyclic) bond motifs is 1. The molecular formula is C20H24N4O5. The summed E-state index contributed by atoms with van der Waals surface area (Å²) in [6, 6.07) is 6.58. The average Bonchev–Trinajstić information content (AvgIpc) is 2.98. The van der Waals surface area contributed by atoms with Gasteiger partial charge in [-0.25, -0.2) is 9.59 Å². The quantitative estimate of drug-likeness (QED) is 0.537. The molecular weight excluding hydrogens is 376 g/mol. The number of urea groups is 1. The maximum absolute atomic E-state index is 13.1. The van der Waals surface area contributed by atoms with Crippen LogP contribution in [0.25, 0.3) is 0 Å². The van der Waals surface area contributed by atoms with E-state index < -0.39 is 23.6 Å². The molecule has 1 aromatic rings. The fourth-order valence-electron chi connectivity index (χ4n) is 4.51. The highest BCUT2D eigenvalue weighted by Gasteiger charge is 2.49. The van der Waals surface area contributed by atoms with Crippen LogP contribution in [0.2, 0.25) is 0 Å². The first-order valence-corrected chi connectivity index (χ1v) is 9.72. The topological polar surface area (TPSA) is 108 Å². The third kappa shape index (κ3) is 3.57. The first kappa shape index (κ1) is 19.4. The number of hydrogen-bond donors (Lipinski definition) is 2. The van der Waals surface area contributed by atoms with Gasteiger partial charge in [0, 0.05) is 19.5 Å². The molecule has 4 rings (SSSR count). The van der Waals surface area contributed by atoms with Gasteiger partial charge in [-0.1, -0.05) is 24.3 Å². The third-order valence-electron chi connectivity index (χ3n) is 5.99. The fourth-order valence-corrected chi connectivity index (χ4v) is 4.51. The first-order chi connectivity index (χ1) is 13.9. The van der Waals surface area contributed by atoms with Gasteiger partial charge in [0.05, 0.1) is 13.7 Å². The number of methoxy groups -OCH3 is 1. The van der Waals surface area contributed by atoms with Gasteiger partial charge in [-0.15, -0.1) is 0 Å². The molecule has 0 radical (unpaired) electrons. The molecule has 1 aromatic carbocycles. The number of likely N-dealkylation sites (tertiary alicyclic amines) is 1. The molecule has 9 nitrogen and oxygen atoms in total. The molecule has 0 bridgehead atoms. The summed E-state index contributed by atoms with van der Waals surface area (Å²) in [4.78, 5) is 52.7. The van der Waals surface area contributed by atoms with Crippen LogP contribution in [0.5, 0.6) is 0 Å². The number of imide groups is 1. The number of nitrogens with one attached hydrogen (secondary N) is 2. The molecule has 4 amide bonds. The van der Waals surface area contributed by atoms with Crippen molar-refractivity contribution in [1.82, 2.24) is 20.4 Å². The number of piperidine rings is 1. The van der Waals surface area contributed by atoms with Crippen molar-refractivity contribution in [3.8, 4) is 0 Å². The van der Waals surface area contributed by atoms with Gasteiger partial charge in [0.2, 0.25) is 5.91 Å². The standard InChI is InChI=1S/C20H24N4O5/c1-29-17(26)15-9-13-5-2-3-6-14(13)10-24(15)16(25)11-23-8-4-7-20(12-23)18(27)21-19(28)22-20/h2-3,5-6,15H,4,7-12H2,1H3,(H2,21,22,27,28). The molecule has 0 saturated carbocycles. The van der Waals surface area contributed by atoms with E-state index in [4.69, 9.17) is 4.74 Å². The second kappa shape index (κ2) is 7.47. The smallest absolute Gasteiger partial charge is 0.328 e. The average molecular weight is 400 g/mol. The Kier molecular flexibility index (Phi) is 4.99. The summed E-state index contributed by atoms with van der Waals surface area (Å²) in [5, 5.41) is 4.99. The molecule has 154 valence electrons. The predicted molar refractivity (Wildman–Crippen MR) is 102 cm³/mol.